The first kappa shape index (κ1) is 19.1. The Morgan fingerprint density at radius 3 is 2.44 bits per heavy atom. The van der Waals surface area contributed by atoms with Crippen LogP contribution in [0.1, 0.15) is 47.8 Å². The number of rotatable bonds is 4. The summed E-state index contributed by atoms with van der Waals surface area (Å²) in [6, 6.07) is 17.5. The largest absolute Gasteiger partial charge is 0.347 e. The zero-order valence-electron chi connectivity index (χ0n) is 16.3. The third-order valence-corrected chi connectivity index (χ3v) is 5.28. The van der Waals surface area contributed by atoms with Crippen LogP contribution in [0.4, 0.5) is 0 Å². The van der Waals surface area contributed by atoms with Crippen molar-refractivity contribution in [2.75, 3.05) is 13.1 Å². The van der Waals surface area contributed by atoms with Gasteiger partial charge in [0.1, 0.15) is 0 Å². The van der Waals surface area contributed by atoms with E-state index in [-0.39, 0.29) is 17.4 Å². The lowest BCUT2D eigenvalue weighted by Gasteiger charge is -2.38. The highest BCUT2D eigenvalue weighted by molar-refractivity contribution is 5.94. The van der Waals surface area contributed by atoms with Gasteiger partial charge in [-0.1, -0.05) is 45.0 Å². The number of fused-ring (bicyclic) bond motifs is 1. The van der Waals surface area contributed by atoms with Crippen LogP contribution in [0.15, 0.2) is 48.5 Å². The molecule has 1 atom stereocenters. The molecule has 0 saturated heterocycles. The minimum Gasteiger partial charge on any atom is -0.347 e. The molecule has 0 spiro atoms. The summed E-state index contributed by atoms with van der Waals surface area (Å²) in [4.78, 5) is 15.2. The van der Waals surface area contributed by atoms with Gasteiger partial charge in [0.05, 0.1) is 11.6 Å². The van der Waals surface area contributed by atoms with Crippen molar-refractivity contribution in [2.45, 2.75) is 39.8 Å². The van der Waals surface area contributed by atoms with E-state index in [9.17, 15) is 4.79 Å². The molecule has 0 fully saturated rings. The minimum atomic E-state index is -0.0863. The maximum Gasteiger partial charge on any atom is 0.251 e. The molecule has 0 radical (unpaired) electrons. The standard InChI is InChI=1S/C23H27N3O/c1-23(2,3)21(25-22(27)19-10-8-17(14-24)9-11-19)16-26-13-12-18-6-4-5-7-20(18)15-26/h4-11,21H,12-13,15-16H2,1-3H3,(H,25,27)/t21-/m1/s1. The van der Waals surface area contributed by atoms with Crippen molar-refractivity contribution in [3.63, 3.8) is 0 Å². The third kappa shape index (κ3) is 4.75. The van der Waals surface area contributed by atoms with Crippen LogP contribution in [0, 0.1) is 16.7 Å². The Labute approximate surface area is 161 Å². The van der Waals surface area contributed by atoms with Crippen molar-refractivity contribution in [1.82, 2.24) is 10.2 Å². The van der Waals surface area contributed by atoms with Crippen molar-refractivity contribution in [3.05, 3.63) is 70.8 Å². The highest BCUT2D eigenvalue weighted by atomic mass is 16.1. The highest BCUT2D eigenvalue weighted by Crippen LogP contribution is 2.24. The average Bonchev–Trinajstić information content (AvgIpc) is 2.66. The number of carbonyl (C=O) groups is 1. The number of hydrogen-bond acceptors (Lipinski definition) is 3. The molecular formula is C23H27N3O. The average molecular weight is 361 g/mol. The van der Waals surface area contributed by atoms with Gasteiger partial charge < -0.3 is 5.32 Å². The van der Waals surface area contributed by atoms with Crippen molar-refractivity contribution in [3.8, 4) is 6.07 Å². The van der Waals surface area contributed by atoms with Gasteiger partial charge in [0.2, 0.25) is 0 Å². The second kappa shape index (κ2) is 7.94. The first-order valence-electron chi connectivity index (χ1n) is 9.47. The van der Waals surface area contributed by atoms with Crippen LogP contribution in [0.2, 0.25) is 0 Å². The molecule has 1 amide bonds. The quantitative estimate of drug-likeness (QED) is 0.902. The van der Waals surface area contributed by atoms with Gasteiger partial charge in [0.25, 0.3) is 5.91 Å². The van der Waals surface area contributed by atoms with E-state index in [2.05, 4.69) is 61.3 Å². The molecule has 0 aliphatic carbocycles. The molecule has 2 aromatic carbocycles. The molecule has 1 heterocycles. The lowest BCUT2D eigenvalue weighted by Crippen LogP contribution is -2.51. The topological polar surface area (TPSA) is 56.1 Å². The molecule has 1 aliphatic rings. The van der Waals surface area contributed by atoms with E-state index in [1.54, 1.807) is 24.3 Å². The van der Waals surface area contributed by atoms with Crippen molar-refractivity contribution in [2.24, 2.45) is 5.41 Å². The Balaban J connectivity index is 1.69. The zero-order chi connectivity index (χ0) is 19.4. The minimum absolute atomic E-state index is 0.0332. The number of hydrogen-bond donors (Lipinski definition) is 1. The smallest absolute Gasteiger partial charge is 0.251 e. The van der Waals surface area contributed by atoms with Crippen LogP contribution < -0.4 is 5.32 Å². The van der Waals surface area contributed by atoms with E-state index in [0.717, 1.165) is 26.1 Å². The monoisotopic (exact) mass is 361 g/mol. The summed E-state index contributed by atoms with van der Waals surface area (Å²) in [6.07, 6.45) is 1.05. The first-order valence-corrected chi connectivity index (χ1v) is 9.47. The number of nitriles is 1. The van der Waals surface area contributed by atoms with E-state index in [4.69, 9.17) is 5.26 Å². The first-order chi connectivity index (χ1) is 12.9. The maximum atomic E-state index is 12.7. The van der Waals surface area contributed by atoms with Gasteiger partial charge in [0.15, 0.2) is 0 Å². The van der Waals surface area contributed by atoms with E-state index in [1.165, 1.54) is 11.1 Å². The Hall–Kier alpha value is -2.64. The predicted octanol–water partition coefficient (Wildman–Crippen LogP) is 3.76. The summed E-state index contributed by atoms with van der Waals surface area (Å²) in [5.41, 5.74) is 3.91. The van der Waals surface area contributed by atoms with E-state index in [0.29, 0.717) is 11.1 Å². The molecule has 0 bridgehead atoms. The number of benzene rings is 2. The molecule has 2 aromatic rings. The lowest BCUT2D eigenvalue weighted by molar-refractivity contribution is 0.0863. The van der Waals surface area contributed by atoms with Crippen LogP contribution in [0.25, 0.3) is 0 Å². The molecule has 0 aromatic heterocycles. The maximum absolute atomic E-state index is 12.7. The van der Waals surface area contributed by atoms with Crippen molar-refractivity contribution in [1.29, 1.82) is 5.26 Å². The molecular weight excluding hydrogens is 334 g/mol. The van der Waals surface area contributed by atoms with E-state index >= 15 is 0 Å². The van der Waals surface area contributed by atoms with Gasteiger partial charge in [-0.15, -0.1) is 0 Å². The molecule has 3 rings (SSSR count). The summed E-state index contributed by atoms with van der Waals surface area (Å²) in [7, 11) is 0. The van der Waals surface area contributed by atoms with Crippen LogP contribution in [0.5, 0.6) is 0 Å². The second-order valence-electron chi connectivity index (χ2n) is 8.34. The van der Waals surface area contributed by atoms with Crippen molar-refractivity contribution < 1.29 is 4.79 Å². The van der Waals surface area contributed by atoms with E-state index < -0.39 is 0 Å². The van der Waals surface area contributed by atoms with Crippen LogP contribution in [0.3, 0.4) is 0 Å². The number of amides is 1. The SMILES string of the molecule is CC(C)(C)[C@@H](CN1CCc2ccccc2C1)NC(=O)c1ccc(C#N)cc1. The molecule has 140 valence electrons. The summed E-state index contributed by atoms with van der Waals surface area (Å²) in [6.45, 7) is 9.24. The molecule has 1 aliphatic heterocycles. The summed E-state index contributed by atoms with van der Waals surface area (Å²) < 4.78 is 0. The van der Waals surface area contributed by atoms with Gasteiger partial charge in [-0.05, 0) is 47.2 Å². The fourth-order valence-electron chi connectivity index (χ4n) is 3.44. The normalized spacial score (nSPS) is 15.5. The van der Waals surface area contributed by atoms with Crippen molar-refractivity contribution >= 4 is 5.91 Å². The summed E-state index contributed by atoms with van der Waals surface area (Å²) in [5.74, 6) is -0.0863. The van der Waals surface area contributed by atoms with Crippen LogP contribution in [-0.2, 0) is 13.0 Å². The Bertz CT molecular complexity index is 843. The predicted molar refractivity (Wildman–Crippen MR) is 107 cm³/mol. The fraction of sp³-hybridized carbons (Fsp3) is 0.391. The molecule has 1 N–H and O–H groups in total. The Kier molecular flexibility index (Phi) is 5.62. The molecule has 27 heavy (non-hydrogen) atoms. The molecule has 4 nitrogen and oxygen atoms in total. The summed E-state index contributed by atoms with van der Waals surface area (Å²) >= 11 is 0. The van der Waals surface area contributed by atoms with Gasteiger partial charge in [-0.3, -0.25) is 9.69 Å². The number of nitrogens with zero attached hydrogens (tertiary/aromatic N) is 2. The Morgan fingerprint density at radius 2 is 1.81 bits per heavy atom. The van der Waals surface area contributed by atoms with E-state index in [1.807, 2.05) is 0 Å². The van der Waals surface area contributed by atoms with Gasteiger partial charge >= 0.3 is 0 Å². The van der Waals surface area contributed by atoms with Crippen LogP contribution in [-0.4, -0.2) is 29.9 Å². The zero-order valence-corrected chi connectivity index (χ0v) is 16.3. The molecule has 0 unspecified atom stereocenters. The second-order valence-corrected chi connectivity index (χ2v) is 8.34. The Morgan fingerprint density at radius 1 is 1.15 bits per heavy atom. The third-order valence-electron chi connectivity index (χ3n) is 5.28. The van der Waals surface area contributed by atoms with Crippen LogP contribution >= 0.6 is 0 Å². The molecule has 4 heteroatoms. The van der Waals surface area contributed by atoms with Gasteiger partial charge in [0, 0.05) is 31.2 Å². The lowest BCUT2D eigenvalue weighted by atomic mass is 9.85. The van der Waals surface area contributed by atoms with Gasteiger partial charge in [-0.2, -0.15) is 5.26 Å². The highest BCUT2D eigenvalue weighted by Gasteiger charge is 2.29. The van der Waals surface area contributed by atoms with Gasteiger partial charge in [-0.25, -0.2) is 0 Å². The fourth-order valence-corrected chi connectivity index (χ4v) is 3.44. The molecule has 0 saturated carbocycles. The number of carbonyl (C=O) groups excluding carboxylic acids is 1. The number of nitrogens with one attached hydrogen (secondary N) is 1. The summed E-state index contributed by atoms with van der Waals surface area (Å²) in [5, 5.41) is 12.1.